The van der Waals surface area contributed by atoms with E-state index in [9.17, 15) is 4.79 Å². The van der Waals surface area contributed by atoms with Crippen LogP contribution in [0.4, 0.5) is 0 Å². The number of aromatic nitrogens is 2. The summed E-state index contributed by atoms with van der Waals surface area (Å²) in [6, 6.07) is 26.1. The highest BCUT2D eigenvalue weighted by atomic mass is 16.1. The molecule has 4 rings (SSSR count). The minimum Gasteiger partial charge on any atom is -0.274 e. The lowest BCUT2D eigenvalue weighted by molar-refractivity contribution is 0.865. The van der Waals surface area contributed by atoms with Crippen molar-refractivity contribution in [1.29, 1.82) is 0 Å². The van der Waals surface area contributed by atoms with Gasteiger partial charge in [-0.2, -0.15) is 0 Å². The lowest BCUT2D eigenvalue weighted by atomic mass is 10.1. The minimum atomic E-state index is -0.0384. The topological polar surface area (TPSA) is 34.9 Å². The van der Waals surface area contributed by atoms with Crippen LogP contribution in [0.5, 0.6) is 0 Å². The van der Waals surface area contributed by atoms with Crippen LogP contribution in [0.1, 0.15) is 16.8 Å². The maximum atomic E-state index is 13.2. The van der Waals surface area contributed by atoms with Crippen LogP contribution in [0.15, 0.2) is 83.7 Å². The number of para-hydroxylation sites is 2. The number of hydrogen-bond donors (Lipinski definition) is 0. The fraction of sp³-hybridized carbons (Fsp3) is 0.130. The lowest BCUT2D eigenvalue weighted by Crippen LogP contribution is -2.25. The van der Waals surface area contributed by atoms with Gasteiger partial charge in [0.15, 0.2) is 0 Å². The van der Waals surface area contributed by atoms with Crippen LogP contribution in [0.2, 0.25) is 0 Å². The summed E-state index contributed by atoms with van der Waals surface area (Å²) < 4.78 is 1.78. The lowest BCUT2D eigenvalue weighted by Gasteiger charge is -2.12. The van der Waals surface area contributed by atoms with Crippen LogP contribution in [-0.2, 0) is 12.8 Å². The van der Waals surface area contributed by atoms with Crippen LogP contribution in [0.3, 0.4) is 0 Å². The van der Waals surface area contributed by atoms with E-state index in [2.05, 4.69) is 17.1 Å². The molecule has 0 aliphatic carbocycles. The van der Waals surface area contributed by atoms with Crippen molar-refractivity contribution >= 4 is 11.0 Å². The van der Waals surface area contributed by atoms with E-state index in [1.165, 1.54) is 11.1 Å². The highest BCUT2D eigenvalue weighted by molar-refractivity contribution is 5.76. The number of benzene rings is 3. The standard InChI is InChI=1S/C23H20N2O/c1-17-11-14-19(15-12-17)25-22-10-6-5-9-20(22)24-21(23(25)26)16-13-18-7-3-2-4-8-18/h2-12,14-15H,13,16H2,1H3. The first-order valence-electron chi connectivity index (χ1n) is 8.84. The average molecular weight is 340 g/mol. The third-order valence-electron chi connectivity index (χ3n) is 4.61. The van der Waals surface area contributed by atoms with E-state index in [1.54, 1.807) is 4.57 Å². The molecule has 0 radical (unpaired) electrons. The zero-order valence-corrected chi connectivity index (χ0v) is 14.7. The first-order chi connectivity index (χ1) is 12.7. The predicted molar refractivity (Wildman–Crippen MR) is 106 cm³/mol. The summed E-state index contributed by atoms with van der Waals surface area (Å²) in [5.74, 6) is 0. The Kier molecular flexibility index (Phi) is 4.36. The Hall–Kier alpha value is -3.20. The maximum absolute atomic E-state index is 13.2. The Balaban J connectivity index is 1.83. The van der Waals surface area contributed by atoms with Gasteiger partial charge in [0.1, 0.15) is 5.69 Å². The van der Waals surface area contributed by atoms with Gasteiger partial charge in [-0.15, -0.1) is 0 Å². The number of hydrogen-bond acceptors (Lipinski definition) is 2. The second kappa shape index (κ2) is 6.96. The minimum absolute atomic E-state index is 0.0384. The Labute approximate surface area is 152 Å². The van der Waals surface area contributed by atoms with Crippen molar-refractivity contribution in [3.8, 4) is 5.69 Å². The molecule has 128 valence electrons. The average Bonchev–Trinajstić information content (AvgIpc) is 2.68. The molecule has 0 saturated heterocycles. The van der Waals surface area contributed by atoms with E-state index < -0.39 is 0 Å². The molecule has 3 aromatic carbocycles. The molecule has 0 saturated carbocycles. The number of aryl methyl sites for hydroxylation is 3. The van der Waals surface area contributed by atoms with E-state index >= 15 is 0 Å². The normalized spacial score (nSPS) is 11.0. The van der Waals surface area contributed by atoms with Gasteiger partial charge in [-0.3, -0.25) is 9.36 Å². The van der Waals surface area contributed by atoms with Gasteiger partial charge < -0.3 is 0 Å². The molecular formula is C23H20N2O. The van der Waals surface area contributed by atoms with Crippen molar-refractivity contribution in [2.24, 2.45) is 0 Å². The van der Waals surface area contributed by atoms with Gasteiger partial charge in [-0.05, 0) is 49.6 Å². The summed E-state index contributed by atoms with van der Waals surface area (Å²) in [7, 11) is 0. The summed E-state index contributed by atoms with van der Waals surface area (Å²) in [6.07, 6.45) is 1.43. The Morgan fingerprint density at radius 1 is 0.808 bits per heavy atom. The Bertz CT molecular complexity index is 1100. The largest absolute Gasteiger partial charge is 0.277 e. The predicted octanol–water partition coefficient (Wildman–Crippen LogP) is 4.48. The number of nitrogens with zero attached hydrogens (tertiary/aromatic N) is 2. The molecule has 0 N–H and O–H groups in total. The molecule has 3 nitrogen and oxygen atoms in total. The Morgan fingerprint density at radius 3 is 2.27 bits per heavy atom. The smallest absolute Gasteiger partial charge is 0.274 e. The maximum Gasteiger partial charge on any atom is 0.277 e. The Morgan fingerprint density at radius 2 is 1.50 bits per heavy atom. The second-order valence-corrected chi connectivity index (χ2v) is 6.51. The molecule has 0 unspecified atom stereocenters. The van der Waals surface area contributed by atoms with Gasteiger partial charge in [0.05, 0.1) is 11.0 Å². The van der Waals surface area contributed by atoms with Gasteiger partial charge in [0.25, 0.3) is 5.56 Å². The molecule has 3 heteroatoms. The molecule has 26 heavy (non-hydrogen) atoms. The molecular weight excluding hydrogens is 320 g/mol. The number of rotatable bonds is 4. The SMILES string of the molecule is Cc1ccc(-n2c(=O)c(CCc3ccccc3)nc3ccccc32)cc1. The first-order valence-corrected chi connectivity index (χ1v) is 8.84. The van der Waals surface area contributed by atoms with E-state index in [0.717, 1.165) is 23.1 Å². The van der Waals surface area contributed by atoms with Crippen LogP contribution < -0.4 is 5.56 Å². The summed E-state index contributed by atoms with van der Waals surface area (Å²) in [4.78, 5) is 17.9. The quantitative estimate of drug-likeness (QED) is 0.549. The third-order valence-corrected chi connectivity index (χ3v) is 4.61. The molecule has 4 aromatic rings. The monoisotopic (exact) mass is 340 g/mol. The van der Waals surface area contributed by atoms with Crippen molar-refractivity contribution in [2.75, 3.05) is 0 Å². The summed E-state index contributed by atoms with van der Waals surface area (Å²) in [5, 5.41) is 0. The zero-order valence-electron chi connectivity index (χ0n) is 14.7. The van der Waals surface area contributed by atoms with E-state index in [0.29, 0.717) is 12.1 Å². The van der Waals surface area contributed by atoms with E-state index in [-0.39, 0.29) is 5.56 Å². The van der Waals surface area contributed by atoms with Gasteiger partial charge in [-0.25, -0.2) is 4.98 Å². The van der Waals surface area contributed by atoms with Crippen LogP contribution in [0.25, 0.3) is 16.7 Å². The fourth-order valence-electron chi connectivity index (χ4n) is 3.20. The molecule has 1 heterocycles. The first kappa shape index (κ1) is 16.3. The zero-order chi connectivity index (χ0) is 17.9. The highest BCUT2D eigenvalue weighted by Gasteiger charge is 2.12. The van der Waals surface area contributed by atoms with Gasteiger partial charge in [-0.1, -0.05) is 60.2 Å². The molecule has 0 aliphatic heterocycles. The summed E-state index contributed by atoms with van der Waals surface area (Å²) in [6.45, 7) is 2.04. The van der Waals surface area contributed by atoms with E-state index in [4.69, 9.17) is 0 Å². The summed E-state index contributed by atoms with van der Waals surface area (Å²) >= 11 is 0. The van der Waals surface area contributed by atoms with E-state index in [1.807, 2.05) is 73.7 Å². The van der Waals surface area contributed by atoms with Crippen molar-refractivity contribution < 1.29 is 0 Å². The van der Waals surface area contributed by atoms with Gasteiger partial charge >= 0.3 is 0 Å². The fourth-order valence-corrected chi connectivity index (χ4v) is 3.20. The molecule has 0 fully saturated rings. The molecule has 0 amide bonds. The van der Waals surface area contributed by atoms with Crippen LogP contribution in [0, 0.1) is 6.92 Å². The van der Waals surface area contributed by atoms with Gasteiger partial charge in [0, 0.05) is 5.69 Å². The molecule has 0 aliphatic rings. The van der Waals surface area contributed by atoms with Gasteiger partial charge in [0.2, 0.25) is 0 Å². The number of fused-ring (bicyclic) bond motifs is 1. The molecule has 1 aromatic heterocycles. The van der Waals surface area contributed by atoms with Crippen molar-refractivity contribution in [1.82, 2.24) is 9.55 Å². The molecule has 0 spiro atoms. The summed E-state index contributed by atoms with van der Waals surface area (Å²) in [5.41, 5.74) is 5.51. The van der Waals surface area contributed by atoms with Crippen molar-refractivity contribution in [2.45, 2.75) is 19.8 Å². The molecule has 0 atom stereocenters. The van der Waals surface area contributed by atoms with Crippen molar-refractivity contribution in [3.05, 3.63) is 106 Å². The van der Waals surface area contributed by atoms with Crippen molar-refractivity contribution in [3.63, 3.8) is 0 Å². The molecule has 0 bridgehead atoms. The second-order valence-electron chi connectivity index (χ2n) is 6.51. The van der Waals surface area contributed by atoms with Crippen LogP contribution >= 0.6 is 0 Å². The highest BCUT2D eigenvalue weighted by Crippen LogP contribution is 2.16. The third kappa shape index (κ3) is 3.16. The van der Waals surface area contributed by atoms with Crippen LogP contribution in [-0.4, -0.2) is 9.55 Å².